The molecule has 1 aliphatic heterocycles. The summed E-state index contributed by atoms with van der Waals surface area (Å²) in [4.78, 5) is 9.48. The second kappa shape index (κ2) is 6.98. The van der Waals surface area contributed by atoms with Gasteiger partial charge >= 0.3 is 0 Å². The number of aromatic hydroxyl groups is 1. The third-order valence-electron chi connectivity index (χ3n) is 4.81. The van der Waals surface area contributed by atoms with Crippen molar-refractivity contribution in [3.63, 3.8) is 0 Å². The van der Waals surface area contributed by atoms with Gasteiger partial charge in [0.2, 0.25) is 0 Å². The number of ether oxygens (including phenoxy) is 1. The van der Waals surface area contributed by atoms with E-state index in [9.17, 15) is 5.11 Å². The van der Waals surface area contributed by atoms with Gasteiger partial charge in [-0.05, 0) is 51.1 Å². The number of imidazole rings is 1. The average molecular weight is 384 g/mol. The van der Waals surface area contributed by atoms with Crippen LogP contribution in [0, 0.1) is 13.8 Å². The van der Waals surface area contributed by atoms with Crippen LogP contribution in [0.3, 0.4) is 0 Å². The van der Waals surface area contributed by atoms with Gasteiger partial charge in [0.05, 0.1) is 30.0 Å². The smallest absolute Gasteiger partial charge is 0.141 e. The highest BCUT2D eigenvalue weighted by Gasteiger charge is 2.24. The normalized spacial score (nSPS) is 16.8. The number of benzene rings is 1. The quantitative estimate of drug-likeness (QED) is 0.705. The molecular weight excluding hydrogens is 362 g/mol. The first-order valence-electron chi connectivity index (χ1n) is 9.08. The largest absolute Gasteiger partial charge is 0.506 e. The van der Waals surface area contributed by atoms with E-state index in [1.807, 2.05) is 19.9 Å². The monoisotopic (exact) mass is 383 g/mol. The Balaban J connectivity index is 1.94. The minimum Gasteiger partial charge on any atom is -0.506 e. The summed E-state index contributed by atoms with van der Waals surface area (Å²) < 4.78 is 8.11. The minimum atomic E-state index is 0.0698. The summed E-state index contributed by atoms with van der Waals surface area (Å²) >= 11 is 6.15. The molecule has 1 aliphatic rings. The summed E-state index contributed by atoms with van der Waals surface area (Å²) in [6.45, 7) is 7.45. The molecule has 0 aliphatic carbocycles. The van der Waals surface area contributed by atoms with Gasteiger partial charge in [-0.1, -0.05) is 11.6 Å². The Kier molecular flexibility index (Phi) is 4.66. The van der Waals surface area contributed by atoms with E-state index >= 15 is 0 Å². The highest BCUT2D eigenvalue weighted by molar-refractivity contribution is 6.32. The number of halogens is 1. The fraction of sp³-hybridized carbons (Fsp3) is 0.333. The van der Waals surface area contributed by atoms with Crippen LogP contribution in [0.1, 0.15) is 24.0 Å². The molecule has 27 heavy (non-hydrogen) atoms. The lowest BCUT2D eigenvalue weighted by Crippen LogP contribution is -2.14. The summed E-state index contributed by atoms with van der Waals surface area (Å²) in [5, 5.41) is 10.1. The van der Waals surface area contributed by atoms with E-state index in [2.05, 4.69) is 28.6 Å². The number of nitrogens with zero attached hydrogens (tertiary/aromatic N) is 3. The summed E-state index contributed by atoms with van der Waals surface area (Å²) in [6, 6.07) is 9.35. The predicted octanol–water partition coefficient (Wildman–Crippen LogP) is 4.55. The van der Waals surface area contributed by atoms with Crippen molar-refractivity contribution >= 4 is 11.6 Å². The van der Waals surface area contributed by atoms with Crippen LogP contribution in [0.4, 0.5) is 0 Å². The zero-order valence-electron chi connectivity index (χ0n) is 15.7. The number of hydrogen-bond acceptors (Lipinski definition) is 4. The molecule has 0 fully saturated rings. The lowest BCUT2D eigenvalue weighted by molar-refractivity contribution is 0.0666. The maximum atomic E-state index is 9.77. The second-order valence-electron chi connectivity index (χ2n) is 7.08. The minimum absolute atomic E-state index is 0.0698. The molecular formula is C21H22ClN3O2. The first kappa shape index (κ1) is 18.0. The topological polar surface area (TPSA) is 60.2 Å². The molecule has 0 saturated carbocycles. The van der Waals surface area contributed by atoms with Gasteiger partial charge in [-0.2, -0.15) is 0 Å². The Morgan fingerprint density at radius 2 is 1.85 bits per heavy atom. The molecule has 4 rings (SSSR count). The average Bonchev–Trinajstić information content (AvgIpc) is 2.83. The van der Waals surface area contributed by atoms with Gasteiger partial charge in [0.15, 0.2) is 0 Å². The molecule has 0 amide bonds. The van der Waals surface area contributed by atoms with E-state index in [4.69, 9.17) is 21.3 Å². The molecule has 5 nitrogen and oxygen atoms in total. The van der Waals surface area contributed by atoms with Crippen LogP contribution < -0.4 is 0 Å². The maximum absolute atomic E-state index is 9.77. The van der Waals surface area contributed by atoms with Gasteiger partial charge in [-0.15, -0.1) is 0 Å². The van der Waals surface area contributed by atoms with Crippen molar-refractivity contribution in [3.05, 3.63) is 52.4 Å². The molecule has 0 radical (unpaired) electrons. The van der Waals surface area contributed by atoms with Crippen LogP contribution in [-0.2, 0) is 17.7 Å². The van der Waals surface area contributed by atoms with Crippen molar-refractivity contribution in [2.24, 2.45) is 0 Å². The van der Waals surface area contributed by atoms with Gasteiger partial charge in [0, 0.05) is 34.6 Å². The number of pyridine rings is 1. The predicted molar refractivity (Wildman–Crippen MR) is 106 cm³/mol. The number of hydrogen-bond donors (Lipinski definition) is 1. The number of rotatable bonds is 2. The van der Waals surface area contributed by atoms with Crippen LogP contribution in [0.15, 0.2) is 30.3 Å². The van der Waals surface area contributed by atoms with Crippen molar-refractivity contribution in [2.45, 2.75) is 39.8 Å². The molecule has 0 bridgehead atoms. The van der Waals surface area contributed by atoms with Crippen molar-refractivity contribution in [2.75, 3.05) is 6.61 Å². The van der Waals surface area contributed by atoms with Gasteiger partial charge in [0.25, 0.3) is 0 Å². The highest BCUT2D eigenvalue weighted by Crippen LogP contribution is 2.34. The van der Waals surface area contributed by atoms with Crippen molar-refractivity contribution in [1.82, 2.24) is 14.5 Å². The molecule has 140 valence electrons. The SMILES string of the molecule is Cc1cc(-c2nc(-c3ccc(O)c(Cl)c3)n3c2CCOC(C)C3)cc(C)n1. The second-order valence-corrected chi connectivity index (χ2v) is 7.48. The van der Waals surface area contributed by atoms with Gasteiger partial charge in [-0.3, -0.25) is 4.98 Å². The van der Waals surface area contributed by atoms with Crippen molar-refractivity contribution < 1.29 is 9.84 Å². The summed E-state index contributed by atoms with van der Waals surface area (Å²) in [7, 11) is 0. The molecule has 3 heterocycles. The van der Waals surface area contributed by atoms with Gasteiger partial charge < -0.3 is 14.4 Å². The van der Waals surface area contributed by atoms with Gasteiger partial charge in [-0.25, -0.2) is 4.98 Å². The molecule has 0 saturated heterocycles. The maximum Gasteiger partial charge on any atom is 0.141 e. The number of phenolic OH excluding ortho intramolecular Hbond substituents is 1. The third-order valence-corrected chi connectivity index (χ3v) is 5.12. The van der Waals surface area contributed by atoms with Crippen LogP contribution >= 0.6 is 11.6 Å². The Labute approximate surface area is 163 Å². The number of fused-ring (bicyclic) bond motifs is 1. The van der Waals surface area contributed by atoms with Crippen LogP contribution in [-0.4, -0.2) is 32.4 Å². The Hall–Kier alpha value is -2.37. The van der Waals surface area contributed by atoms with Crippen LogP contribution in [0.5, 0.6) is 5.75 Å². The summed E-state index contributed by atoms with van der Waals surface area (Å²) in [6.07, 6.45) is 0.888. The first-order valence-corrected chi connectivity index (χ1v) is 9.45. The van der Waals surface area contributed by atoms with Crippen molar-refractivity contribution in [3.8, 4) is 28.4 Å². The number of aryl methyl sites for hydroxylation is 2. The van der Waals surface area contributed by atoms with Crippen LogP contribution in [0.2, 0.25) is 5.02 Å². The molecule has 0 spiro atoms. The fourth-order valence-electron chi connectivity index (χ4n) is 3.67. The van der Waals surface area contributed by atoms with Crippen molar-refractivity contribution in [1.29, 1.82) is 0 Å². The summed E-state index contributed by atoms with van der Waals surface area (Å²) in [5.41, 5.74) is 6.00. The lowest BCUT2D eigenvalue weighted by Gasteiger charge is -2.13. The van der Waals surface area contributed by atoms with E-state index in [0.29, 0.717) is 11.6 Å². The van der Waals surface area contributed by atoms with Gasteiger partial charge in [0.1, 0.15) is 11.6 Å². The Morgan fingerprint density at radius 3 is 2.56 bits per heavy atom. The van der Waals surface area contributed by atoms with E-state index in [1.165, 1.54) is 0 Å². The standard InChI is InChI=1S/C21H22ClN3O2/c1-12-8-16(9-13(2)23-12)20-18-6-7-27-14(3)11-25(18)21(24-20)15-4-5-19(26)17(22)10-15/h4-5,8-10,14,26H,6-7,11H2,1-3H3. The molecule has 2 aromatic heterocycles. The van der Waals surface area contributed by atoms with E-state index in [-0.39, 0.29) is 11.9 Å². The molecule has 1 N–H and O–H groups in total. The number of aromatic nitrogens is 3. The molecule has 3 aromatic rings. The van der Waals surface area contributed by atoms with Crippen LogP contribution in [0.25, 0.3) is 22.6 Å². The zero-order valence-corrected chi connectivity index (χ0v) is 16.4. The summed E-state index contributed by atoms with van der Waals surface area (Å²) in [5.74, 6) is 0.909. The molecule has 1 unspecified atom stereocenters. The molecule has 6 heteroatoms. The molecule has 1 atom stereocenters. The Bertz CT molecular complexity index is 993. The van der Waals surface area contributed by atoms with E-state index in [0.717, 1.165) is 52.7 Å². The lowest BCUT2D eigenvalue weighted by atomic mass is 10.1. The number of phenols is 1. The molecule has 1 aromatic carbocycles. The highest BCUT2D eigenvalue weighted by atomic mass is 35.5. The Morgan fingerprint density at radius 1 is 1.11 bits per heavy atom. The van der Waals surface area contributed by atoms with E-state index in [1.54, 1.807) is 12.1 Å². The zero-order chi connectivity index (χ0) is 19.1. The first-order chi connectivity index (χ1) is 12.9. The third kappa shape index (κ3) is 3.45. The van der Waals surface area contributed by atoms with E-state index < -0.39 is 0 Å². The fourth-order valence-corrected chi connectivity index (χ4v) is 3.85.